The zero-order valence-electron chi connectivity index (χ0n) is 11.2. The van der Waals surface area contributed by atoms with Gasteiger partial charge in [-0.3, -0.25) is 15.1 Å². The number of nitro benzene ring substituents is 1. The van der Waals surface area contributed by atoms with Crippen LogP contribution in [0.5, 0.6) is 0 Å². The molecule has 7 heteroatoms. The number of nitrogens with zero attached hydrogens (tertiary/aromatic N) is 2. The average Bonchev–Trinajstić information content (AvgIpc) is 2.47. The fourth-order valence-corrected chi connectivity index (χ4v) is 1.97. The van der Waals surface area contributed by atoms with Gasteiger partial charge in [-0.25, -0.2) is 4.79 Å². The Morgan fingerprint density at radius 3 is 2.57 bits per heavy atom. The lowest BCUT2D eigenvalue weighted by Crippen LogP contribution is -2.12. The standard InChI is InChI=1S/C14H13N3O4/c1-9(10-5-7-15-8-6-10)16-13-11(14(18)19)3-2-4-12(13)17(20)21/h2-9,16H,1H3,(H,18,19). The molecule has 1 aromatic heterocycles. The van der Waals surface area contributed by atoms with Crippen LogP contribution in [0, 0.1) is 10.1 Å². The maximum absolute atomic E-state index is 11.2. The number of nitro groups is 1. The van der Waals surface area contributed by atoms with Crippen LogP contribution < -0.4 is 5.32 Å². The lowest BCUT2D eigenvalue weighted by atomic mass is 10.1. The number of para-hydroxylation sites is 1. The molecule has 7 nitrogen and oxygen atoms in total. The van der Waals surface area contributed by atoms with E-state index < -0.39 is 10.9 Å². The van der Waals surface area contributed by atoms with Gasteiger partial charge in [-0.15, -0.1) is 0 Å². The van der Waals surface area contributed by atoms with Crippen LogP contribution in [0.3, 0.4) is 0 Å². The summed E-state index contributed by atoms with van der Waals surface area (Å²) in [7, 11) is 0. The Kier molecular flexibility index (Phi) is 4.13. The van der Waals surface area contributed by atoms with Crippen molar-refractivity contribution in [1.82, 2.24) is 4.98 Å². The second-order valence-corrected chi connectivity index (χ2v) is 4.41. The third-order valence-corrected chi connectivity index (χ3v) is 3.04. The molecule has 0 spiro atoms. The molecule has 0 amide bonds. The number of carbonyl (C=O) groups is 1. The molecule has 1 atom stereocenters. The Hall–Kier alpha value is -2.96. The molecular weight excluding hydrogens is 274 g/mol. The van der Waals surface area contributed by atoms with Crippen molar-refractivity contribution in [3.05, 3.63) is 64.0 Å². The molecule has 2 N–H and O–H groups in total. The van der Waals surface area contributed by atoms with Crippen molar-refractivity contribution in [3.8, 4) is 0 Å². The van der Waals surface area contributed by atoms with E-state index in [2.05, 4.69) is 10.3 Å². The summed E-state index contributed by atoms with van der Waals surface area (Å²) in [6.45, 7) is 1.79. The SMILES string of the molecule is CC(Nc1c(C(=O)O)cccc1[N+](=O)[O-])c1ccncc1. The lowest BCUT2D eigenvalue weighted by Gasteiger charge is -2.17. The molecule has 21 heavy (non-hydrogen) atoms. The number of rotatable bonds is 5. The van der Waals surface area contributed by atoms with Crippen LogP contribution in [0.15, 0.2) is 42.7 Å². The van der Waals surface area contributed by atoms with Gasteiger partial charge in [-0.1, -0.05) is 6.07 Å². The molecule has 2 rings (SSSR count). The summed E-state index contributed by atoms with van der Waals surface area (Å²) >= 11 is 0. The molecule has 108 valence electrons. The van der Waals surface area contributed by atoms with E-state index in [1.807, 2.05) is 0 Å². The van der Waals surface area contributed by atoms with Crippen LogP contribution in [0.1, 0.15) is 28.9 Å². The van der Waals surface area contributed by atoms with Crippen molar-refractivity contribution in [2.24, 2.45) is 0 Å². The van der Waals surface area contributed by atoms with Gasteiger partial charge in [0.25, 0.3) is 5.69 Å². The summed E-state index contributed by atoms with van der Waals surface area (Å²) in [5.41, 5.74) is 0.444. The molecule has 0 fully saturated rings. The predicted octanol–water partition coefficient (Wildman–Crippen LogP) is 2.86. The minimum atomic E-state index is -1.22. The Labute approximate surface area is 120 Å². The molecule has 1 unspecified atom stereocenters. The zero-order valence-corrected chi connectivity index (χ0v) is 11.2. The van der Waals surface area contributed by atoms with E-state index in [4.69, 9.17) is 0 Å². The molecule has 0 radical (unpaired) electrons. The zero-order chi connectivity index (χ0) is 15.4. The number of hydrogen-bond acceptors (Lipinski definition) is 5. The number of nitrogens with one attached hydrogen (secondary N) is 1. The highest BCUT2D eigenvalue weighted by Crippen LogP contribution is 2.31. The third-order valence-electron chi connectivity index (χ3n) is 3.04. The van der Waals surface area contributed by atoms with E-state index in [1.165, 1.54) is 18.2 Å². The predicted molar refractivity (Wildman–Crippen MR) is 76.3 cm³/mol. The molecule has 1 aromatic carbocycles. The lowest BCUT2D eigenvalue weighted by molar-refractivity contribution is -0.384. The summed E-state index contributed by atoms with van der Waals surface area (Å²) in [6.07, 6.45) is 3.20. The Bertz CT molecular complexity index is 641. The second-order valence-electron chi connectivity index (χ2n) is 4.41. The monoisotopic (exact) mass is 287 g/mol. The summed E-state index contributed by atoms with van der Waals surface area (Å²) in [4.78, 5) is 25.6. The van der Waals surface area contributed by atoms with Gasteiger partial charge in [0.05, 0.1) is 10.5 Å². The third kappa shape index (κ3) is 3.14. The van der Waals surface area contributed by atoms with Gasteiger partial charge >= 0.3 is 5.97 Å². The van der Waals surface area contributed by atoms with Crippen molar-refractivity contribution < 1.29 is 14.8 Å². The largest absolute Gasteiger partial charge is 0.478 e. The fourth-order valence-electron chi connectivity index (χ4n) is 1.97. The van der Waals surface area contributed by atoms with Gasteiger partial charge in [0.1, 0.15) is 5.69 Å². The van der Waals surface area contributed by atoms with E-state index in [1.54, 1.807) is 31.5 Å². The number of anilines is 1. The van der Waals surface area contributed by atoms with Crippen LogP contribution in [0.2, 0.25) is 0 Å². The molecule has 1 heterocycles. The number of carboxylic acid groups (broad SMARTS) is 1. The molecule has 0 aliphatic rings. The summed E-state index contributed by atoms with van der Waals surface area (Å²) in [5.74, 6) is -1.22. The first-order chi connectivity index (χ1) is 10.0. The van der Waals surface area contributed by atoms with E-state index >= 15 is 0 Å². The number of benzene rings is 1. The molecule has 0 aliphatic carbocycles. The molecular formula is C14H13N3O4. The fraction of sp³-hybridized carbons (Fsp3) is 0.143. The van der Waals surface area contributed by atoms with Crippen LogP contribution in [-0.4, -0.2) is 21.0 Å². The van der Waals surface area contributed by atoms with Gasteiger partial charge in [0.15, 0.2) is 0 Å². The molecule has 0 saturated heterocycles. The summed E-state index contributed by atoms with van der Waals surface area (Å²) < 4.78 is 0. The molecule has 0 bridgehead atoms. The van der Waals surface area contributed by atoms with Crippen molar-refractivity contribution in [3.63, 3.8) is 0 Å². The van der Waals surface area contributed by atoms with E-state index in [-0.39, 0.29) is 23.0 Å². The van der Waals surface area contributed by atoms with Gasteiger partial charge in [0, 0.05) is 24.5 Å². The highest BCUT2D eigenvalue weighted by atomic mass is 16.6. The first-order valence-electron chi connectivity index (χ1n) is 6.18. The van der Waals surface area contributed by atoms with Crippen molar-refractivity contribution in [2.45, 2.75) is 13.0 Å². The van der Waals surface area contributed by atoms with Crippen LogP contribution in [-0.2, 0) is 0 Å². The average molecular weight is 287 g/mol. The maximum atomic E-state index is 11.2. The van der Waals surface area contributed by atoms with Crippen molar-refractivity contribution in [2.75, 3.05) is 5.32 Å². The highest BCUT2D eigenvalue weighted by molar-refractivity contribution is 5.96. The second kappa shape index (κ2) is 6.00. The maximum Gasteiger partial charge on any atom is 0.338 e. The number of carboxylic acids is 1. The summed E-state index contributed by atoms with van der Waals surface area (Å²) in [6, 6.07) is 7.17. The molecule has 0 saturated carbocycles. The van der Waals surface area contributed by atoms with E-state index in [0.29, 0.717) is 0 Å². The van der Waals surface area contributed by atoms with Crippen LogP contribution in [0.25, 0.3) is 0 Å². The Morgan fingerprint density at radius 1 is 1.33 bits per heavy atom. The highest BCUT2D eigenvalue weighted by Gasteiger charge is 2.22. The van der Waals surface area contributed by atoms with E-state index in [9.17, 15) is 20.0 Å². The number of aromatic carboxylic acids is 1. The topological polar surface area (TPSA) is 105 Å². The smallest absolute Gasteiger partial charge is 0.338 e. The summed E-state index contributed by atoms with van der Waals surface area (Å²) in [5, 5.41) is 23.2. The quantitative estimate of drug-likeness (QED) is 0.647. The number of hydrogen-bond donors (Lipinski definition) is 2. The minimum absolute atomic E-state index is 0.000637. The van der Waals surface area contributed by atoms with Gasteiger partial charge in [-0.05, 0) is 30.7 Å². The van der Waals surface area contributed by atoms with Crippen molar-refractivity contribution in [1.29, 1.82) is 0 Å². The first-order valence-corrected chi connectivity index (χ1v) is 6.18. The number of aromatic nitrogens is 1. The Morgan fingerprint density at radius 2 is 2.00 bits per heavy atom. The van der Waals surface area contributed by atoms with Crippen LogP contribution in [0.4, 0.5) is 11.4 Å². The van der Waals surface area contributed by atoms with E-state index in [0.717, 1.165) is 5.56 Å². The Balaban J connectivity index is 2.42. The van der Waals surface area contributed by atoms with Gasteiger partial charge in [0.2, 0.25) is 0 Å². The van der Waals surface area contributed by atoms with Gasteiger partial charge < -0.3 is 10.4 Å². The number of pyridine rings is 1. The minimum Gasteiger partial charge on any atom is -0.478 e. The normalized spacial score (nSPS) is 11.7. The van der Waals surface area contributed by atoms with Crippen molar-refractivity contribution >= 4 is 17.3 Å². The molecule has 2 aromatic rings. The first kappa shape index (κ1) is 14.4. The van der Waals surface area contributed by atoms with Crippen LogP contribution >= 0.6 is 0 Å². The van der Waals surface area contributed by atoms with Gasteiger partial charge in [-0.2, -0.15) is 0 Å². The molecule has 0 aliphatic heterocycles.